The van der Waals surface area contributed by atoms with Gasteiger partial charge in [-0.2, -0.15) is 10.2 Å². The molecule has 0 unspecified atom stereocenters. The minimum atomic E-state index is 0.351. The molecule has 0 aliphatic carbocycles. The fourth-order valence-electron chi connectivity index (χ4n) is 3.16. The third-order valence-electron chi connectivity index (χ3n) is 4.26. The molecule has 4 rings (SSSR count). The molecule has 0 atom stereocenters. The average Bonchev–Trinajstić information content (AvgIpc) is 3.26. The first-order valence-corrected chi connectivity index (χ1v) is 7.94. The Balaban J connectivity index is 1.68. The Morgan fingerprint density at radius 2 is 2.09 bits per heavy atom. The van der Waals surface area contributed by atoms with E-state index in [4.69, 9.17) is 5.10 Å². The van der Waals surface area contributed by atoms with Crippen molar-refractivity contribution in [3.8, 4) is 0 Å². The minimum absolute atomic E-state index is 0.351. The van der Waals surface area contributed by atoms with E-state index < -0.39 is 0 Å². The molecule has 6 nitrogen and oxygen atoms in total. The average molecular weight is 308 g/mol. The van der Waals surface area contributed by atoms with Gasteiger partial charge in [-0.1, -0.05) is 0 Å². The van der Waals surface area contributed by atoms with Crippen molar-refractivity contribution in [3.63, 3.8) is 0 Å². The molecule has 0 fully saturated rings. The van der Waals surface area contributed by atoms with Gasteiger partial charge in [0.25, 0.3) is 0 Å². The molecule has 0 N–H and O–H groups in total. The molecular formula is C17H20N6. The highest BCUT2D eigenvalue weighted by Crippen LogP contribution is 2.31. The van der Waals surface area contributed by atoms with Gasteiger partial charge in [0, 0.05) is 36.7 Å². The standard InChI is InChI=1S/C17H20N6/c1-13(2)23-17-12-21(14-5-3-6-18-9-14)10-15(17)16(20-23)11-22-8-4-7-19-22/h3-9,13H,10-12H2,1-2H3. The van der Waals surface area contributed by atoms with Crippen LogP contribution >= 0.6 is 0 Å². The molecular weight excluding hydrogens is 288 g/mol. The molecule has 6 heteroatoms. The summed E-state index contributed by atoms with van der Waals surface area (Å²) in [5, 5.41) is 9.16. The van der Waals surface area contributed by atoms with Crippen molar-refractivity contribution < 1.29 is 0 Å². The lowest BCUT2D eigenvalue weighted by Crippen LogP contribution is -2.18. The molecule has 1 aliphatic rings. The van der Waals surface area contributed by atoms with Crippen LogP contribution in [-0.2, 0) is 19.6 Å². The summed E-state index contributed by atoms with van der Waals surface area (Å²) in [6.45, 7) is 6.83. The van der Waals surface area contributed by atoms with Crippen molar-refractivity contribution in [2.45, 2.75) is 39.5 Å². The Hall–Kier alpha value is -2.63. The van der Waals surface area contributed by atoms with Crippen molar-refractivity contribution in [3.05, 3.63) is 59.9 Å². The number of pyridine rings is 1. The Labute approximate surface area is 135 Å². The zero-order valence-corrected chi connectivity index (χ0v) is 13.4. The van der Waals surface area contributed by atoms with Crippen molar-refractivity contribution in [2.24, 2.45) is 0 Å². The van der Waals surface area contributed by atoms with E-state index in [0.717, 1.165) is 31.0 Å². The van der Waals surface area contributed by atoms with E-state index in [1.165, 1.54) is 11.3 Å². The second-order valence-electron chi connectivity index (χ2n) is 6.18. The van der Waals surface area contributed by atoms with Gasteiger partial charge in [0.1, 0.15) is 0 Å². The van der Waals surface area contributed by atoms with Gasteiger partial charge < -0.3 is 4.90 Å². The van der Waals surface area contributed by atoms with E-state index >= 15 is 0 Å². The summed E-state index contributed by atoms with van der Waals surface area (Å²) >= 11 is 0. The molecule has 4 heterocycles. The van der Waals surface area contributed by atoms with Gasteiger partial charge >= 0.3 is 0 Å². The summed E-state index contributed by atoms with van der Waals surface area (Å²) < 4.78 is 4.09. The Kier molecular flexibility index (Phi) is 3.37. The Bertz CT molecular complexity index is 788. The lowest BCUT2D eigenvalue weighted by molar-refractivity contribution is 0.500. The third kappa shape index (κ3) is 2.50. The van der Waals surface area contributed by atoms with Crippen LogP contribution in [0, 0.1) is 0 Å². The van der Waals surface area contributed by atoms with Crippen LogP contribution in [0.5, 0.6) is 0 Å². The summed E-state index contributed by atoms with van der Waals surface area (Å²) in [7, 11) is 0. The van der Waals surface area contributed by atoms with Crippen LogP contribution in [0.3, 0.4) is 0 Å². The summed E-state index contributed by atoms with van der Waals surface area (Å²) in [5.41, 5.74) is 4.91. The molecule has 118 valence electrons. The molecule has 0 aromatic carbocycles. The zero-order valence-electron chi connectivity index (χ0n) is 13.4. The summed E-state index contributed by atoms with van der Waals surface area (Å²) in [6.07, 6.45) is 7.52. The lowest BCUT2D eigenvalue weighted by atomic mass is 10.2. The monoisotopic (exact) mass is 308 g/mol. The second kappa shape index (κ2) is 5.53. The van der Waals surface area contributed by atoms with Gasteiger partial charge in [-0.05, 0) is 32.0 Å². The molecule has 1 aliphatic heterocycles. The highest BCUT2D eigenvalue weighted by molar-refractivity contribution is 5.50. The molecule has 0 saturated carbocycles. The molecule has 3 aromatic heterocycles. The SMILES string of the molecule is CC(C)n1nc(Cn2cccn2)c2c1CN(c1cccnc1)C2. The van der Waals surface area contributed by atoms with E-state index in [-0.39, 0.29) is 0 Å². The van der Waals surface area contributed by atoms with Gasteiger partial charge in [0.05, 0.1) is 36.4 Å². The number of anilines is 1. The van der Waals surface area contributed by atoms with Crippen LogP contribution in [0.1, 0.15) is 36.8 Å². The number of aromatic nitrogens is 5. The van der Waals surface area contributed by atoms with E-state index in [2.05, 4.69) is 39.6 Å². The topological polar surface area (TPSA) is 51.8 Å². The van der Waals surface area contributed by atoms with Crippen LogP contribution in [0.25, 0.3) is 0 Å². The molecule has 3 aromatic rings. The summed E-state index contributed by atoms with van der Waals surface area (Å²) in [6, 6.07) is 6.39. The van der Waals surface area contributed by atoms with Crippen LogP contribution in [0.2, 0.25) is 0 Å². The van der Waals surface area contributed by atoms with Crippen molar-refractivity contribution in [2.75, 3.05) is 4.90 Å². The van der Waals surface area contributed by atoms with Crippen LogP contribution in [-0.4, -0.2) is 24.5 Å². The number of nitrogens with zero attached hydrogens (tertiary/aromatic N) is 6. The van der Waals surface area contributed by atoms with Gasteiger partial charge in [-0.15, -0.1) is 0 Å². The van der Waals surface area contributed by atoms with Crippen molar-refractivity contribution >= 4 is 5.69 Å². The molecule has 0 saturated heterocycles. The minimum Gasteiger partial charge on any atom is -0.360 e. The zero-order chi connectivity index (χ0) is 15.8. The van der Waals surface area contributed by atoms with Gasteiger partial charge in [-0.25, -0.2) is 0 Å². The van der Waals surface area contributed by atoms with Crippen molar-refractivity contribution in [1.29, 1.82) is 0 Å². The van der Waals surface area contributed by atoms with Gasteiger partial charge in [-0.3, -0.25) is 14.3 Å². The highest BCUT2D eigenvalue weighted by atomic mass is 15.4. The largest absolute Gasteiger partial charge is 0.360 e. The van der Waals surface area contributed by atoms with Gasteiger partial charge in [0.15, 0.2) is 0 Å². The number of fused-ring (bicyclic) bond motifs is 1. The Morgan fingerprint density at radius 3 is 2.78 bits per heavy atom. The number of rotatable bonds is 4. The molecule has 23 heavy (non-hydrogen) atoms. The summed E-state index contributed by atoms with van der Waals surface area (Å²) in [5.74, 6) is 0. The number of hydrogen-bond donors (Lipinski definition) is 0. The molecule has 0 spiro atoms. The molecule has 0 amide bonds. The van der Waals surface area contributed by atoms with E-state index in [1.54, 1.807) is 0 Å². The lowest BCUT2D eigenvalue weighted by Gasteiger charge is -2.19. The fraction of sp³-hybridized carbons (Fsp3) is 0.353. The first-order valence-electron chi connectivity index (χ1n) is 7.94. The predicted molar refractivity (Wildman–Crippen MR) is 88.1 cm³/mol. The highest BCUT2D eigenvalue weighted by Gasteiger charge is 2.28. The van der Waals surface area contributed by atoms with Crippen LogP contribution in [0.4, 0.5) is 5.69 Å². The maximum Gasteiger partial charge on any atom is 0.0893 e. The number of hydrogen-bond acceptors (Lipinski definition) is 4. The van der Waals surface area contributed by atoms with Gasteiger partial charge in [0.2, 0.25) is 0 Å². The quantitative estimate of drug-likeness (QED) is 0.743. The third-order valence-corrected chi connectivity index (χ3v) is 4.26. The maximum atomic E-state index is 4.85. The second-order valence-corrected chi connectivity index (χ2v) is 6.18. The first kappa shape index (κ1) is 14.0. The van der Waals surface area contributed by atoms with Crippen LogP contribution in [0.15, 0.2) is 43.0 Å². The van der Waals surface area contributed by atoms with E-state index in [0.29, 0.717) is 6.04 Å². The maximum absolute atomic E-state index is 4.85. The smallest absolute Gasteiger partial charge is 0.0893 e. The first-order chi connectivity index (χ1) is 11.2. The predicted octanol–water partition coefficient (Wildman–Crippen LogP) is 2.62. The Morgan fingerprint density at radius 1 is 1.17 bits per heavy atom. The molecule has 0 radical (unpaired) electrons. The summed E-state index contributed by atoms with van der Waals surface area (Å²) in [4.78, 5) is 6.59. The normalized spacial score (nSPS) is 13.8. The van der Waals surface area contributed by atoms with E-state index in [9.17, 15) is 0 Å². The van der Waals surface area contributed by atoms with Crippen LogP contribution < -0.4 is 4.90 Å². The fourth-order valence-corrected chi connectivity index (χ4v) is 3.16. The van der Waals surface area contributed by atoms with Crippen molar-refractivity contribution in [1.82, 2.24) is 24.5 Å². The molecule has 0 bridgehead atoms. The van der Waals surface area contributed by atoms with E-state index in [1.807, 2.05) is 41.6 Å².